The Morgan fingerprint density at radius 2 is 1.97 bits per heavy atom. The third-order valence-corrected chi connectivity index (χ3v) is 6.27. The maximum atomic E-state index is 14.0. The minimum atomic E-state index is -4.69. The topological polar surface area (TPSA) is 58.6 Å². The number of allylic oxidation sites excluding steroid dienone is 1. The van der Waals surface area contributed by atoms with Crippen LogP contribution in [0.15, 0.2) is 28.9 Å². The molecule has 0 spiro atoms. The van der Waals surface area contributed by atoms with Gasteiger partial charge in [0.15, 0.2) is 6.73 Å². The molecular formula is C20H24F4N2O3S. The Morgan fingerprint density at radius 1 is 1.33 bits per heavy atom. The highest BCUT2D eigenvalue weighted by Crippen LogP contribution is 2.35. The second-order valence-corrected chi connectivity index (χ2v) is 8.88. The van der Waals surface area contributed by atoms with Crippen LogP contribution in [0.3, 0.4) is 0 Å². The van der Waals surface area contributed by atoms with Gasteiger partial charge in [-0.05, 0) is 45.4 Å². The number of ether oxygens (including phenoxy) is 1. The van der Waals surface area contributed by atoms with E-state index in [9.17, 15) is 27.2 Å². The van der Waals surface area contributed by atoms with Gasteiger partial charge >= 0.3 is 6.18 Å². The predicted octanol–water partition coefficient (Wildman–Crippen LogP) is 5.14. The number of benzene rings is 1. The number of amides is 2. The molecule has 1 heterocycles. The Labute approximate surface area is 176 Å². The van der Waals surface area contributed by atoms with E-state index < -0.39 is 40.6 Å². The molecule has 0 fully saturated rings. The van der Waals surface area contributed by atoms with Crippen molar-refractivity contribution < 1.29 is 31.9 Å². The number of rotatable bonds is 6. The van der Waals surface area contributed by atoms with E-state index in [1.165, 1.54) is 30.5 Å². The first kappa shape index (κ1) is 24.0. The molecule has 0 radical (unpaired) electrons. The molecule has 166 valence electrons. The lowest BCUT2D eigenvalue weighted by atomic mass is 10.0. The summed E-state index contributed by atoms with van der Waals surface area (Å²) in [6.45, 7) is 8.21. The van der Waals surface area contributed by atoms with Gasteiger partial charge in [0.05, 0.1) is 11.3 Å². The number of nitrogens with one attached hydrogen (secondary N) is 1. The summed E-state index contributed by atoms with van der Waals surface area (Å²) in [6, 6.07) is 1.74. The van der Waals surface area contributed by atoms with E-state index in [1.807, 2.05) is 13.8 Å². The number of anilines is 1. The van der Waals surface area contributed by atoms with Crippen LogP contribution in [0.5, 0.6) is 0 Å². The molecule has 1 aromatic rings. The quantitative estimate of drug-likeness (QED) is 0.612. The van der Waals surface area contributed by atoms with Crippen LogP contribution < -0.4 is 5.32 Å². The molecule has 1 aromatic carbocycles. The molecule has 2 rings (SSSR count). The van der Waals surface area contributed by atoms with Crippen LogP contribution in [0.4, 0.5) is 23.2 Å². The summed E-state index contributed by atoms with van der Waals surface area (Å²) in [5.74, 6) is -1.84. The van der Waals surface area contributed by atoms with E-state index >= 15 is 0 Å². The van der Waals surface area contributed by atoms with E-state index in [1.54, 1.807) is 6.92 Å². The van der Waals surface area contributed by atoms with Crippen molar-refractivity contribution in [1.82, 2.24) is 4.90 Å². The number of nitrogens with zero attached hydrogens (tertiary/aromatic N) is 1. The molecule has 0 saturated heterocycles. The van der Waals surface area contributed by atoms with Gasteiger partial charge in [0.25, 0.3) is 5.91 Å². The molecule has 0 aliphatic carbocycles. The van der Waals surface area contributed by atoms with Crippen LogP contribution in [0, 0.1) is 5.82 Å². The maximum Gasteiger partial charge on any atom is 0.416 e. The molecule has 1 N–H and O–H groups in total. The fourth-order valence-corrected chi connectivity index (χ4v) is 3.59. The van der Waals surface area contributed by atoms with Crippen molar-refractivity contribution >= 4 is 29.3 Å². The van der Waals surface area contributed by atoms with Gasteiger partial charge in [0, 0.05) is 5.25 Å². The number of halogens is 4. The maximum absolute atomic E-state index is 14.0. The minimum Gasteiger partial charge on any atom is -0.476 e. The van der Waals surface area contributed by atoms with Gasteiger partial charge < -0.3 is 10.1 Å². The zero-order chi connectivity index (χ0) is 22.9. The highest BCUT2D eigenvalue weighted by Gasteiger charge is 2.43. The van der Waals surface area contributed by atoms with Crippen LogP contribution in [-0.2, 0) is 20.5 Å². The van der Waals surface area contributed by atoms with Crippen molar-refractivity contribution in [3.05, 3.63) is 40.2 Å². The van der Waals surface area contributed by atoms with Gasteiger partial charge in [-0.1, -0.05) is 13.8 Å². The SMILES string of the molecule is CCC(C)SC1=C(C)OCN(C(C)(C)C(=O)Nc2cc(C(F)(F)F)ccc2F)C1=O. The number of carbonyl (C=O) groups excluding carboxylic acids is 2. The van der Waals surface area contributed by atoms with Crippen molar-refractivity contribution in [2.75, 3.05) is 12.0 Å². The van der Waals surface area contributed by atoms with Gasteiger partial charge in [-0.25, -0.2) is 4.39 Å². The first-order chi connectivity index (χ1) is 13.8. The Balaban J connectivity index is 2.27. The van der Waals surface area contributed by atoms with Crippen molar-refractivity contribution in [3.63, 3.8) is 0 Å². The summed E-state index contributed by atoms with van der Waals surface area (Å²) in [5.41, 5.74) is -3.23. The standard InChI is InChI=1S/C20H24F4N2O3S/c1-6-11(2)30-16-12(3)29-10-26(17(16)27)19(4,5)18(28)25-15-9-13(20(22,23)24)7-8-14(15)21/h7-9,11H,6,10H2,1-5H3,(H,25,28). The third-order valence-electron chi connectivity index (χ3n) is 4.84. The van der Waals surface area contributed by atoms with Crippen molar-refractivity contribution in [3.8, 4) is 0 Å². The summed E-state index contributed by atoms with van der Waals surface area (Å²) in [5, 5.41) is 2.31. The molecule has 1 atom stereocenters. The molecule has 0 aromatic heterocycles. The fourth-order valence-electron chi connectivity index (χ4n) is 2.59. The summed E-state index contributed by atoms with van der Waals surface area (Å²) in [4.78, 5) is 27.4. The molecule has 0 saturated carbocycles. The Hall–Kier alpha value is -2.23. The van der Waals surface area contributed by atoms with Crippen LogP contribution in [0.25, 0.3) is 0 Å². The lowest BCUT2D eigenvalue weighted by Crippen LogP contribution is -2.57. The monoisotopic (exact) mass is 448 g/mol. The number of hydrogen-bond donors (Lipinski definition) is 1. The first-order valence-corrected chi connectivity index (χ1v) is 10.2. The number of thioether (sulfide) groups is 1. The molecule has 0 bridgehead atoms. The Bertz CT molecular complexity index is 868. The van der Waals surface area contributed by atoms with E-state index in [4.69, 9.17) is 4.74 Å². The lowest BCUT2D eigenvalue weighted by molar-refractivity contribution is -0.148. The van der Waals surface area contributed by atoms with E-state index in [0.717, 1.165) is 6.42 Å². The Kier molecular flexibility index (Phi) is 7.11. The number of alkyl halides is 3. The highest BCUT2D eigenvalue weighted by molar-refractivity contribution is 8.04. The summed E-state index contributed by atoms with van der Waals surface area (Å²) >= 11 is 1.33. The average Bonchev–Trinajstić information content (AvgIpc) is 2.65. The number of hydrogen-bond acceptors (Lipinski definition) is 4. The van der Waals surface area contributed by atoms with Crippen molar-refractivity contribution in [2.45, 2.75) is 58.0 Å². The zero-order valence-electron chi connectivity index (χ0n) is 17.3. The lowest BCUT2D eigenvalue weighted by Gasteiger charge is -2.40. The van der Waals surface area contributed by atoms with Crippen LogP contribution in [-0.4, -0.2) is 34.2 Å². The van der Waals surface area contributed by atoms with Gasteiger partial charge in [-0.3, -0.25) is 14.5 Å². The summed E-state index contributed by atoms with van der Waals surface area (Å²) in [7, 11) is 0. The van der Waals surface area contributed by atoms with Crippen LogP contribution >= 0.6 is 11.8 Å². The predicted molar refractivity (Wildman–Crippen MR) is 107 cm³/mol. The largest absolute Gasteiger partial charge is 0.476 e. The van der Waals surface area contributed by atoms with Crippen molar-refractivity contribution in [2.24, 2.45) is 0 Å². The zero-order valence-corrected chi connectivity index (χ0v) is 18.1. The van der Waals surface area contributed by atoms with Crippen LogP contribution in [0.1, 0.15) is 46.6 Å². The molecule has 1 aliphatic rings. The van der Waals surface area contributed by atoms with Gasteiger partial charge in [0.1, 0.15) is 22.0 Å². The van der Waals surface area contributed by atoms with Gasteiger partial charge in [0.2, 0.25) is 5.91 Å². The molecule has 2 amide bonds. The van der Waals surface area contributed by atoms with Crippen molar-refractivity contribution in [1.29, 1.82) is 0 Å². The number of carbonyl (C=O) groups is 2. The molecule has 1 unspecified atom stereocenters. The fraction of sp³-hybridized carbons (Fsp3) is 0.500. The van der Waals surface area contributed by atoms with E-state index in [2.05, 4.69) is 5.32 Å². The molecule has 10 heteroatoms. The average molecular weight is 448 g/mol. The minimum absolute atomic E-state index is 0.138. The second kappa shape index (κ2) is 8.87. The van der Waals surface area contributed by atoms with E-state index in [0.29, 0.717) is 28.9 Å². The Morgan fingerprint density at radius 3 is 2.53 bits per heavy atom. The third kappa shape index (κ3) is 5.08. The summed E-state index contributed by atoms with van der Waals surface area (Å²) in [6.07, 6.45) is -3.88. The van der Waals surface area contributed by atoms with Gasteiger partial charge in [-0.2, -0.15) is 13.2 Å². The second-order valence-electron chi connectivity index (χ2n) is 7.43. The first-order valence-electron chi connectivity index (χ1n) is 9.29. The molecule has 5 nitrogen and oxygen atoms in total. The molecular weight excluding hydrogens is 424 g/mol. The normalized spacial score (nSPS) is 16.4. The highest BCUT2D eigenvalue weighted by atomic mass is 32.2. The molecule has 1 aliphatic heterocycles. The van der Waals surface area contributed by atoms with E-state index in [-0.39, 0.29) is 12.0 Å². The van der Waals surface area contributed by atoms with Gasteiger partial charge in [-0.15, -0.1) is 11.8 Å². The molecule has 30 heavy (non-hydrogen) atoms. The smallest absolute Gasteiger partial charge is 0.416 e. The summed E-state index contributed by atoms with van der Waals surface area (Å²) < 4.78 is 58.3. The van der Waals surface area contributed by atoms with Crippen LogP contribution in [0.2, 0.25) is 0 Å².